The number of nitro groups is 1. The van der Waals surface area contributed by atoms with E-state index >= 15 is 0 Å². The van der Waals surface area contributed by atoms with E-state index in [4.69, 9.17) is 11.6 Å². The molecule has 0 saturated heterocycles. The van der Waals surface area contributed by atoms with Crippen LogP contribution in [0.4, 0.5) is 5.69 Å². The van der Waals surface area contributed by atoms with Gasteiger partial charge in [-0.15, -0.1) is 0 Å². The Balaban J connectivity index is 3.31. The highest BCUT2D eigenvalue weighted by Gasteiger charge is 2.16. The van der Waals surface area contributed by atoms with Crippen molar-refractivity contribution in [2.75, 3.05) is 0 Å². The summed E-state index contributed by atoms with van der Waals surface area (Å²) in [6.45, 7) is 1.68. The summed E-state index contributed by atoms with van der Waals surface area (Å²) in [5, 5.41) is 11.4. The first-order valence-electron chi connectivity index (χ1n) is 3.55. The van der Waals surface area contributed by atoms with Gasteiger partial charge in [-0.05, 0) is 24.6 Å². The van der Waals surface area contributed by atoms with Crippen molar-refractivity contribution in [2.24, 2.45) is 0 Å². The molecule has 0 saturated carbocycles. The van der Waals surface area contributed by atoms with Crippen molar-refractivity contribution in [3.8, 4) is 0 Å². The summed E-state index contributed by atoms with van der Waals surface area (Å²) in [7, 11) is 0. The Labute approximate surface area is 89.0 Å². The van der Waals surface area contributed by atoms with Crippen LogP contribution < -0.4 is 0 Å². The largest absolute Gasteiger partial charge is 0.290 e. The van der Waals surface area contributed by atoms with Gasteiger partial charge in [0.25, 0.3) is 5.69 Å². The lowest BCUT2D eigenvalue weighted by atomic mass is 10.1. The van der Waals surface area contributed by atoms with Crippen molar-refractivity contribution in [3.05, 3.63) is 38.4 Å². The van der Waals surface area contributed by atoms with Crippen LogP contribution in [0.25, 0.3) is 0 Å². The highest BCUT2D eigenvalue weighted by Crippen LogP contribution is 2.29. The van der Waals surface area contributed by atoms with Gasteiger partial charge in [0, 0.05) is 10.9 Å². The molecule has 0 radical (unpaired) electrons. The molecule has 0 heterocycles. The van der Waals surface area contributed by atoms with E-state index in [0.29, 0.717) is 10.9 Å². The van der Waals surface area contributed by atoms with Crippen LogP contribution >= 0.6 is 27.5 Å². The monoisotopic (exact) mass is 263 g/mol. The van der Waals surface area contributed by atoms with Crippen molar-refractivity contribution < 1.29 is 4.92 Å². The van der Waals surface area contributed by atoms with Gasteiger partial charge in [-0.25, -0.2) is 0 Å². The van der Waals surface area contributed by atoms with E-state index in [0.717, 1.165) is 5.56 Å². The van der Waals surface area contributed by atoms with Crippen LogP contribution in [0.2, 0.25) is 5.02 Å². The fraction of sp³-hybridized carbons (Fsp3) is 0.250. The molecule has 0 N–H and O–H groups in total. The molecule has 5 heteroatoms. The third-order valence-electron chi connectivity index (χ3n) is 1.65. The highest BCUT2D eigenvalue weighted by atomic mass is 79.9. The van der Waals surface area contributed by atoms with Crippen molar-refractivity contribution in [2.45, 2.75) is 12.3 Å². The molecule has 0 aromatic heterocycles. The summed E-state index contributed by atoms with van der Waals surface area (Å²) in [5.41, 5.74) is 1.52. The van der Waals surface area contributed by atoms with Crippen molar-refractivity contribution in [3.63, 3.8) is 0 Å². The lowest BCUT2D eigenvalue weighted by molar-refractivity contribution is -0.385. The third kappa shape index (κ3) is 2.19. The minimum absolute atomic E-state index is 0.00799. The van der Waals surface area contributed by atoms with E-state index in [1.165, 1.54) is 0 Å². The Bertz CT molecular complexity index is 331. The molecule has 0 atom stereocenters. The summed E-state index contributed by atoms with van der Waals surface area (Å²) < 4.78 is 0. The van der Waals surface area contributed by atoms with Crippen molar-refractivity contribution >= 4 is 33.2 Å². The third-order valence-corrected chi connectivity index (χ3v) is 2.59. The molecule has 0 bridgehead atoms. The van der Waals surface area contributed by atoms with Crippen LogP contribution in [0, 0.1) is 17.0 Å². The van der Waals surface area contributed by atoms with Gasteiger partial charge >= 0.3 is 0 Å². The van der Waals surface area contributed by atoms with Gasteiger partial charge in [-0.1, -0.05) is 27.5 Å². The highest BCUT2D eigenvalue weighted by molar-refractivity contribution is 9.08. The lowest BCUT2D eigenvalue weighted by Gasteiger charge is -2.02. The van der Waals surface area contributed by atoms with Crippen LogP contribution in [-0.4, -0.2) is 4.92 Å². The second-order valence-electron chi connectivity index (χ2n) is 2.63. The van der Waals surface area contributed by atoms with Gasteiger partial charge in [-0.3, -0.25) is 10.1 Å². The molecule has 0 spiro atoms. The number of alkyl halides is 1. The average Bonchev–Trinajstić information content (AvgIpc) is 2.02. The molecule has 13 heavy (non-hydrogen) atoms. The summed E-state index contributed by atoms with van der Waals surface area (Å²) in [6.07, 6.45) is 0. The smallest absolute Gasteiger partial charge is 0.258 e. The molecule has 0 fully saturated rings. The number of nitro benzene ring substituents is 1. The molecule has 0 aliphatic carbocycles. The molecule has 1 rings (SSSR count). The van der Waals surface area contributed by atoms with Crippen LogP contribution in [0.1, 0.15) is 11.1 Å². The minimum atomic E-state index is -0.463. The Morgan fingerprint density at radius 1 is 1.62 bits per heavy atom. The number of benzene rings is 1. The molecule has 0 amide bonds. The average molecular weight is 265 g/mol. The summed E-state index contributed by atoms with van der Waals surface area (Å²) >= 11 is 9.00. The predicted octanol–water partition coefficient (Wildman–Crippen LogP) is 3.45. The zero-order chi connectivity index (χ0) is 10.0. The maximum atomic E-state index is 10.6. The maximum absolute atomic E-state index is 10.6. The minimum Gasteiger partial charge on any atom is -0.258 e. The van der Waals surface area contributed by atoms with E-state index in [9.17, 15) is 10.1 Å². The second kappa shape index (κ2) is 4.07. The molecular weight excluding hydrogens is 257 g/mol. The molecule has 1 aromatic rings. The number of hydrogen-bond acceptors (Lipinski definition) is 2. The van der Waals surface area contributed by atoms with Crippen LogP contribution in [0.5, 0.6) is 0 Å². The molecule has 3 nitrogen and oxygen atoms in total. The fourth-order valence-corrected chi connectivity index (χ4v) is 1.80. The van der Waals surface area contributed by atoms with Gasteiger partial charge in [0.1, 0.15) is 5.02 Å². The van der Waals surface area contributed by atoms with E-state index in [1.807, 2.05) is 0 Å². The Morgan fingerprint density at radius 2 is 2.23 bits per heavy atom. The summed E-state index contributed by atoms with van der Waals surface area (Å²) in [6, 6.07) is 3.35. The SMILES string of the molecule is Cc1cc(CBr)cc(Cl)c1[N+](=O)[O-]. The quantitative estimate of drug-likeness (QED) is 0.466. The standard InChI is InChI=1S/C8H7BrClNO2/c1-5-2-6(4-9)3-7(10)8(5)11(12)13/h2-3H,4H2,1H3. The number of rotatable bonds is 2. The number of nitrogens with zero attached hydrogens (tertiary/aromatic N) is 1. The van der Waals surface area contributed by atoms with Crippen LogP contribution in [0.3, 0.4) is 0 Å². The first kappa shape index (κ1) is 10.5. The van der Waals surface area contributed by atoms with Crippen LogP contribution in [-0.2, 0) is 5.33 Å². The van der Waals surface area contributed by atoms with E-state index in [2.05, 4.69) is 15.9 Å². The Kier molecular flexibility index (Phi) is 3.27. The van der Waals surface area contributed by atoms with E-state index < -0.39 is 4.92 Å². The van der Waals surface area contributed by atoms with Crippen molar-refractivity contribution in [1.29, 1.82) is 0 Å². The fourth-order valence-electron chi connectivity index (χ4n) is 1.12. The van der Waals surface area contributed by atoms with Gasteiger partial charge in [0.05, 0.1) is 4.92 Å². The Hall–Kier alpha value is -0.610. The zero-order valence-corrected chi connectivity index (χ0v) is 9.22. The first-order chi connectivity index (χ1) is 6.06. The zero-order valence-electron chi connectivity index (χ0n) is 6.88. The number of aryl methyl sites for hydroxylation is 1. The maximum Gasteiger partial charge on any atom is 0.290 e. The predicted molar refractivity (Wildman–Crippen MR) is 55.5 cm³/mol. The lowest BCUT2D eigenvalue weighted by Crippen LogP contribution is -1.94. The second-order valence-corrected chi connectivity index (χ2v) is 3.60. The topological polar surface area (TPSA) is 43.1 Å². The van der Waals surface area contributed by atoms with E-state index in [1.54, 1.807) is 19.1 Å². The van der Waals surface area contributed by atoms with Crippen molar-refractivity contribution in [1.82, 2.24) is 0 Å². The summed E-state index contributed by atoms with van der Waals surface area (Å²) in [5.74, 6) is 0. The number of halogens is 2. The molecule has 0 unspecified atom stereocenters. The molecular formula is C8H7BrClNO2. The first-order valence-corrected chi connectivity index (χ1v) is 5.05. The summed E-state index contributed by atoms with van der Waals surface area (Å²) in [4.78, 5) is 10.1. The van der Waals surface area contributed by atoms with E-state index in [-0.39, 0.29) is 10.7 Å². The molecule has 1 aromatic carbocycles. The van der Waals surface area contributed by atoms with Gasteiger partial charge in [0.2, 0.25) is 0 Å². The van der Waals surface area contributed by atoms with Gasteiger partial charge < -0.3 is 0 Å². The molecule has 0 aliphatic heterocycles. The van der Waals surface area contributed by atoms with Crippen LogP contribution in [0.15, 0.2) is 12.1 Å². The molecule has 0 aliphatic rings. The number of hydrogen-bond donors (Lipinski definition) is 0. The molecule has 70 valence electrons. The van der Waals surface area contributed by atoms with Gasteiger partial charge in [0.15, 0.2) is 0 Å². The Morgan fingerprint density at radius 3 is 2.62 bits per heavy atom. The normalized spacial score (nSPS) is 10.1. The van der Waals surface area contributed by atoms with Gasteiger partial charge in [-0.2, -0.15) is 0 Å².